The molecular weight excluding hydrogens is 328 g/mol. The molecule has 1 saturated heterocycles. The highest BCUT2D eigenvalue weighted by molar-refractivity contribution is 7.92. The molecule has 24 heavy (non-hydrogen) atoms. The highest BCUT2D eigenvalue weighted by atomic mass is 32.2. The first kappa shape index (κ1) is 18.7. The van der Waals surface area contributed by atoms with Crippen molar-refractivity contribution < 1.29 is 17.9 Å². The van der Waals surface area contributed by atoms with Crippen LogP contribution in [0, 0.1) is 19.8 Å². The van der Waals surface area contributed by atoms with Gasteiger partial charge in [-0.15, -0.1) is 0 Å². The summed E-state index contributed by atoms with van der Waals surface area (Å²) in [4.78, 5) is 12.1. The second-order valence-corrected chi connectivity index (χ2v) is 8.21. The number of amides is 1. The maximum atomic E-state index is 12.1. The van der Waals surface area contributed by atoms with Crippen LogP contribution in [0.3, 0.4) is 0 Å². The van der Waals surface area contributed by atoms with Crippen LogP contribution in [0.1, 0.15) is 24.0 Å². The molecule has 0 aliphatic carbocycles. The summed E-state index contributed by atoms with van der Waals surface area (Å²) >= 11 is 0. The minimum atomic E-state index is -3.41. The Kier molecular flexibility index (Phi) is 6.23. The zero-order valence-electron chi connectivity index (χ0n) is 14.5. The van der Waals surface area contributed by atoms with E-state index < -0.39 is 10.0 Å². The van der Waals surface area contributed by atoms with Crippen molar-refractivity contribution in [1.82, 2.24) is 5.32 Å². The third kappa shape index (κ3) is 4.95. The summed E-state index contributed by atoms with van der Waals surface area (Å²) in [6.45, 7) is 5.58. The second-order valence-electron chi connectivity index (χ2n) is 6.30. The van der Waals surface area contributed by atoms with Crippen molar-refractivity contribution in [3.8, 4) is 0 Å². The van der Waals surface area contributed by atoms with Crippen molar-refractivity contribution in [2.75, 3.05) is 36.9 Å². The second kappa shape index (κ2) is 7.98. The fourth-order valence-electron chi connectivity index (χ4n) is 2.93. The molecule has 0 atom stereocenters. The molecule has 1 aromatic carbocycles. The molecule has 0 spiro atoms. The van der Waals surface area contributed by atoms with Crippen molar-refractivity contribution in [2.24, 2.45) is 5.92 Å². The number of carbonyl (C=O) groups is 1. The van der Waals surface area contributed by atoms with Crippen LogP contribution in [-0.2, 0) is 19.6 Å². The van der Waals surface area contributed by atoms with Crippen LogP contribution in [-0.4, -0.2) is 46.9 Å². The number of sulfonamides is 1. The van der Waals surface area contributed by atoms with E-state index in [1.807, 2.05) is 32.0 Å². The number of hydrogen-bond donors (Lipinski definition) is 1. The van der Waals surface area contributed by atoms with Crippen LogP contribution >= 0.6 is 0 Å². The molecule has 6 nitrogen and oxygen atoms in total. The van der Waals surface area contributed by atoms with Gasteiger partial charge in [-0.3, -0.25) is 9.10 Å². The molecule has 1 heterocycles. The van der Waals surface area contributed by atoms with E-state index in [2.05, 4.69) is 5.32 Å². The van der Waals surface area contributed by atoms with Crippen molar-refractivity contribution in [2.45, 2.75) is 26.7 Å². The Hall–Kier alpha value is -1.60. The van der Waals surface area contributed by atoms with Crippen LogP contribution in [0.4, 0.5) is 5.69 Å². The Bertz CT molecular complexity index is 682. The fourth-order valence-corrected chi connectivity index (χ4v) is 3.92. The molecule has 2 rings (SSSR count). The SMILES string of the molecule is Cc1ccc(N(CCNC(=O)C2CCOCC2)S(C)(=O)=O)c(C)c1. The van der Waals surface area contributed by atoms with Crippen molar-refractivity contribution in [3.63, 3.8) is 0 Å². The van der Waals surface area contributed by atoms with Gasteiger partial charge in [-0.25, -0.2) is 8.42 Å². The Balaban J connectivity index is 2.01. The first-order chi connectivity index (χ1) is 11.3. The normalized spacial score (nSPS) is 16.0. The molecule has 0 unspecified atom stereocenters. The first-order valence-corrected chi connectivity index (χ1v) is 10.0. The maximum absolute atomic E-state index is 12.1. The topological polar surface area (TPSA) is 75.7 Å². The largest absolute Gasteiger partial charge is 0.381 e. The van der Waals surface area contributed by atoms with Gasteiger partial charge in [0.05, 0.1) is 18.5 Å². The minimum Gasteiger partial charge on any atom is -0.381 e. The lowest BCUT2D eigenvalue weighted by Crippen LogP contribution is -2.41. The van der Waals surface area contributed by atoms with Crippen molar-refractivity contribution >= 4 is 21.6 Å². The summed E-state index contributed by atoms with van der Waals surface area (Å²) in [7, 11) is -3.41. The van der Waals surface area contributed by atoms with Gasteiger partial charge in [0.15, 0.2) is 0 Å². The van der Waals surface area contributed by atoms with E-state index in [-0.39, 0.29) is 24.9 Å². The summed E-state index contributed by atoms with van der Waals surface area (Å²) < 4.78 is 30.9. The highest BCUT2D eigenvalue weighted by Crippen LogP contribution is 2.23. The van der Waals surface area contributed by atoms with Gasteiger partial charge < -0.3 is 10.1 Å². The number of carbonyl (C=O) groups excluding carboxylic acids is 1. The van der Waals surface area contributed by atoms with Crippen LogP contribution in [0.2, 0.25) is 0 Å². The molecule has 1 fully saturated rings. The monoisotopic (exact) mass is 354 g/mol. The minimum absolute atomic E-state index is 0.0209. The van der Waals surface area contributed by atoms with E-state index in [0.717, 1.165) is 24.0 Å². The molecular formula is C17H26N2O4S. The molecule has 1 aliphatic rings. The summed E-state index contributed by atoms with van der Waals surface area (Å²) in [6, 6.07) is 5.65. The third-order valence-electron chi connectivity index (χ3n) is 4.23. The molecule has 1 aliphatic heterocycles. The number of nitrogens with zero attached hydrogens (tertiary/aromatic N) is 1. The van der Waals surface area contributed by atoms with E-state index in [0.29, 0.717) is 18.9 Å². The fraction of sp³-hybridized carbons (Fsp3) is 0.588. The summed E-state index contributed by atoms with van der Waals surface area (Å²) in [5.41, 5.74) is 2.64. The van der Waals surface area contributed by atoms with Gasteiger partial charge in [0.1, 0.15) is 0 Å². The van der Waals surface area contributed by atoms with Crippen LogP contribution in [0.5, 0.6) is 0 Å². The van der Waals surface area contributed by atoms with Gasteiger partial charge in [-0.1, -0.05) is 17.7 Å². The molecule has 0 radical (unpaired) electrons. The lowest BCUT2D eigenvalue weighted by atomic mass is 9.99. The summed E-state index contributed by atoms with van der Waals surface area (Å²) in [5.74, 6) is -0.0566. The molecule has 0 saturated carbocycles. The molecule has 1 amide bonds. The van der Waals surface area contributed by atoms with Crippen molar-refractivity contribution in [3.05, 3.63) is 29.3 Å². The van der Waals surface area contributed by atoms with Gasteiger partial charge in [-0.2, -0.15) is 0 Å². The standard InChI is InChI=1S/C17H26N2O4S/c1-13-4-5-16(14(2)12-13)19(24(3,21)22)9-8-18-17(20)15-6-10-23-11-7-15/h4-5,12,15H,6-11H2,1-3H3,(H,18,20). The van der Waals surface area contributed by atoms with Crippen LogP contribution in [0.25, 0.3) is 0 Å². The molecule has 1 N–H and O–H groups in total. The Morgan fingerprint density at radius 1 is 1.29 bits per heavy atom. The average Bonchev–Trinajstić information content (AvgIpc) is 2.52. The Morgan fingerprint density at radius 3 is 2.54 bits per heavy atom. The van der Waals surface area contributed by atoms with E-state index in [1.54, 1.807) is 0 Å². The van der Waals surface area contributed by atoms with Crippen molar-refractivity contribution in [1.29, 1.82) is 0 Å². The number of anilines is 1. The third-order valence-corrected chi connectivity index (χ3v) is 5.41. The number of benzene rings is 1. The maximum Gasteiger partial charge on any atom is 0.232 e. The van der Waals surface area contributed by atoms with Gasteiger partial charge in [0, 0.05) is 25.7 Å². The van der Waals surface area contributed by atoms with E-state index >= 15 is 0 Å². The number of ether oxygens (including phenoxy) is 1. The average molecular weight is 354 g/mol. The molecule has 134 valence electrons. The van der Waals surface area contributed by atoms with Gasteiger partial charge >= 0.3 is 0 Å². The molecule has 0 aromatic heterocycles. The Labute approximate surface area is 144 Å². The van der Waals surface area contributed by atoms with E-state index in [4.69, 9.17) is 4.74 Å². The number of hydrogen-bond acceptors (Lipinski definition) is 4. The van der Waals surface area contributed by atoms with E-state index in [9.17, 15) is 13.2 Å². The quantitative estimate of drug-likeness (QED) is 0.842. The predicted octanol–water partition coefficient (Wildman–Crippen LogP) is 1.61. The lowest BCUT2D eigenvalue weighted by molar-refractivity contribution is -0.127. The van der Waals surface area contributed by atoms with Gasteiger partial charge in [0.25, 0.3) is 0 Å². The molecule has 0 bridgehead atoms. The zero-order chi connectivity index (χ0) is 17.7. The Morgan fingerprint density at radius 2 is 1.96 bits per heavy atom. The number of aryl methyl sites for hydroxylation is 2. The first-order valence-electron chi connectivity index (χ1n) is 8.19. The smallest absolute Gasteiger partial charge is 0.232 e. The van der Waals surface area contributed by atoms with E-state index in [1.165, 1.54) is 10.6 Å². The number of rotatable bonds is 6. The summed E-state index contributed by atoms with van der Waals surface area (Å²) in [5, 5.41) is 2.85. The lowest BCUT2D eigenvalue weighted by Gasteiger charge is -2.26. The van der Waals surface area contributed by atoms with Gasteiger partial charge in [0.2, 0.25) is 15.9 Å². The number of nitrogens with one attached hydrogen (secondary N) is 1. The highest BCUT2D eigenvalue weighted by Gasteiger charge is 2.23. The molecule has 1 aromatic rings. The van der Waals surface area contributed by atoms with Gasteiger partial charge in [-0.05, 0) is 38.3 Å². The predicted molar refractivity (Wildman–Crippen MR) is 94.7 cm³/mol. The van der Waals surface area contributed by atoms with Crippen LogP contribution < -0.4 is 9.62 Å². The summed E-state index contributed by atoms with van der Waals surface area (Å²) in [6.07, 6.45) is 2.63. The zero-order valence-corrected chi connectivity index (χ0v) is 15.4. The molecule has 7 heteroatoms. The van der Waals surface area contributed by atoms with Crippen LogP contribution in [0.15, 0.2) is 18.2 Å².